The first kappa shape index (κ1) is 13.6. The Hall–Kier alpha value is -0.830. The molecule has 1 heterocycles. The van der Waals surface area contributed by atoms with Crippen LogP contribution in [0.1, 0.15) is 44.9 Å². The van der Waals surface area contributed by atoms with Crippen molar-refractivity contribution in [2.24, 2.45) is 11.8 Å². The van der Waals surface area contributed by atoms with Crippen molar-refractivity contribution in [2.75, 3.05) is 13.1 Å². The van der Waals surface area contributed by atoms with E-state index in [9.17, 15) is 0 Å². The van der Waals surface area contributed by atoms with Gasteiger partial charge in [-0.25, -0.2) is 4.98 Å². The highest BCUT2D eigenvalue weighted by atomic mass is 15.1. The Labute approximate surface area is 111 Å². The van der Waals surface area contributed by atoms with Crippen LogP contribution in [0.2, 0.25) is 0 Å². The Bertz CT molecular complexity index is 337. The predicted octanol–water partition coefficient (Wildman–Crippen LogP) is 3.00. The lowest BCUT2D eigenvalue weighted by atomic mass is 9.81. The molecule has 0 amide bonds. The summed E-state index contributed by atoms with van der Waals surface area (Å²) in [4.78, 5) is 4.23. The van der Waals surface area contributed by atoms with Crippen LogP contribution in [0, 0.1) is 18.8 Å². The van der Waals surface area contributed by atoms with Crippen LogP contribution in [0.25, 0.3) is 0 Å². The van der Waals surface area contributed by atoms with Gasteiger partial charge in [-0.05, 0) is 31.7 Å². The number of hydrogen-bond donors (Lipinski definition) is 1. The Kier molecular flexibility index (Phi) is 5.24. The van der Waals surface area contributed by atoms with Gasteiger partial charge in [0.1, 0.15) is 5.82 Å². The Morgan fingerprint density at radius 1 is 1.28 bits per heavy atom. The maximum Gasteiger partial charge on any atom is 0.105 e. The maximum atomic E-state index is 4.23. The van der Waals surface area contributed by atoms with Crippen LogP contribution in [0.3, 0.4) is 0 Å². The van der Waals surface area contributed by atoms with Crippen molar-refractivity contribution < 1.29 is 0 Å². The molecule has 1 aliphatic rings. The second-order valence-electron chi connectivity index (χ2n) is 5.83. The second kappa shape index (κ2) is 6.93. The van der Waals surface area contributed by atoms with Crippen molar-refractivity contribution in [1.29, 1.82) is 0 Å². The van der Waals surface area contributed by atoms with Crippen LogP contribution >= 0.6 is 0 Å². The molecule has 102 valence electrons. The van der Waals surface area contributed by atoms with Crippen molar-refractivity contribution in [3.05, 3.63) is 18.2 Å². The fourth-order valence-corrected chi connectivity index (χ4v) is 2.89. The molecule has 0 unspecified atom stereocenters. The summed E-state index contributed by atoms with van der Waals surface area (Å²) in [5, 5.41) is 3.56. The third kappa shape index (κ3) is 4.13. The summed E-state index contributed by atoms with van der Waals surface area (Å²) in [6.07, 6.45) is 11.1. The average Bonchev–Trinajstić information content (AvgIpc) is 2.77. The highest BCUT2D eigenvalue weighted by Crippen LogP contribution is 2.29. The van der Waals surface area contributed by atoms with E-state index in [1.165, 1.54) is 38.6 Å². The van der Waals surface area contributed by atoms with Crippen LogP contribution in [0.4, 0.5) is 0 Å². The van der Waals surface area contributed by atoms with Crippen LogP contribution in [0.5, 0.6) is 0 Å². The summed E-state index contributed by atoms with van der Waals surface area (Å²) in [6.45, 7) is 7.71. The van der Waals surface area contributed by atoms with Crippen LogP contribution < -0.4 is 5.32 Å². The molecular weight excluding hydrogens is 222 g/mol. The van der Waals surface area contributed by atoms with E-state index in [0.717, 1.165) is 30.7 Å². The molecule has 1 fully saturated rings. The first-order chi connectivity index (χ1) is 8.75. The maximum absolute atomic E-state index is 4.23. The quantitative estimate of drug-likeness (QED) is 0.785. The highest BCUT2D eigenvalue weighted by molar-refractivity contribution is 4.88. The minimum Gasteiger partial charge on any atom is -0.334 e. The molecule has 2 rings (SSSR count). The van der Waals surface area contributed by atoms with Gasteiger partial charge < -0.3 is 9.88 Å². The van der Waals surface area contributed by atoms with E-state index >= 15 is 0 Å². The van der Waals surface area contributed by atoms with E-state index < -0.39 is 0 Å². The number of aromatic nitrogens is 2. The summed E-state index contributed by atoms with van der Waals surface area (Å²) in [5.41, 5.74) is 0. The monoisotopic (exact) mass is 249 g/mol. The third-order valence-corrected chi connectivity index (χ3v) is 4.32. The Morgan fingerprint density at radius 2 is 2.06 bits per heavy atom. The van der Waals surface area contributed by atoms with E-state index in [1.54, 1.807) is 0 Å². The number of aryl methyl sites for hydroxylation is 1. The summed E-state index contributed by atoms with van der Waals surface area (Å²) in [5.74, 6) is 3.06. The highest BCUT2D eigenvalue weighted by Gasteiger charge is 2.17. The average molecular weight is 249 g/mol. The van der Waals surface area contributed by atoms with Gasteiger partial charge >= 0.3 is 0 Å². The molecule has 1 aliphatic carbocycles. The molecule has 0 atom stereocenters. The van der Waals surface area contributed by atoms with Gasteiger partial charge in [0.25, 0.3) is 0 Å². The topological polar surface area (TPSA) is 29.9 Å². The Balaban J connectivity index is 1.53. The van der Waals surface area contributed by atoms with E-state index in [-0.39, 0.29) is 0 Å². The second-order valence-corrected chi connectivity index (χ2v) is 5.83. The summed E-state index contributed by atoms with van der Waals surface area (Å²) >= 11 is 0. The fraction of sp³-hybridized carbons (Fsp3) is 0.800. The van der Waals surface area contributed by atoms with Crippen LogP contribution in [-0.2, 0) is 6.54 Å². The largest absolute Gasteiger partial charge is 0.334 e. The molecule has 1 N–H and O–H groups in total. The molecule has 0 bridgehead atoms. The van der Waals surface area contributed by atoms with Gasteiger partial charge in [0.05, 0.1) is 0 Å². The van der Waals surface area contributed by atoms with Crippen LogP contribution in [-0.4, -0.2) is 22.6 Å². The minimum absolute atomic E-state index is 0.971. The molecule has 3 heteroatoms. The number of nitrogens with one attached hydrogen (secondary N) is 1. The zero-order valence-electron chi connectivity index (χ0n) is 11.9. The normalized spacial score (nSPS) is 24.3. The molecule has 0 spiro atoms. The third-order valence-electron chi connectivity index (χ3n) is 4.32. The number of rotatable bonds is 6. The molecule has 0 aromatic carbocycles. The van der Waals surface area contributed by atoms with E-state index in [0.29, 0.717) is 0 Å². The van der Waals surface area contributed by atoms with Crippen molar-refractivity contribution in [3.8, 4) is 0 Å². The van der Waals surface area contributed by atoms with E-state index in [2.05, 4.69) is 34.9 Å². The van der Waals surface area contributed by atoms with Gasteiger partial charge in [-0.3, -0.25) is 0 Å². The van der Waals surface area contributed by atoms with Gasteiger partial charge in [-0.15, -0.1) is 0 Å². The van der Waals surface area contributed by atoms with Crippen molar-refractivity contribution in [2.45, 2.75) is 52.5 Å². The number of hydrogen-bond acceptors (Lipinski definition) is 2. The van der Waals surface area contributed by atoms with Gasteiger partial charge in [-0.2, -0.15) is 0 Å². The lowest BCUT2D eigenvalue weighted by Crippen LogP contribution is -2.24. The molecule has 18 heavy (non-hydrogen) atoms. The fourth-order valence-electron chi connectivity index (χ4n) is 2.89. The lowest BCUT2D eigenvalue weighted by Gasteiger charge is -2.26. The molecular formula is C15H27N3. The van der Waals surface area contributed by atoms with Crippen molar-refractivity contribution in [3.63, 3.8) is 0 Å². The van der Waals surface area contributed by atoms with Gasteiger partial charge in [0.2, 0.25) is 0 Å². The first-order valence-electron chi connectivity index (χ1n) is 7.44. The van der Waals surface area contributed by atoms with Crippen LogP contribution in [0.15, 0.2) is 12.4 Å². The van der Waals surface area contributed by atoms with Gasteiger partial charge in [0, 0.05) is 25.5 Å². The molecule has 3 nitrogen and oxygen atoms in total. The van der Waals surface area contributed by atoms with E-state index in [1.807, 2.05) is 6.20 Å². The standard InChI is InChI=1S/C15H27N3/c1-13-3-5-15(6-4-13)7-8-16-9-11-18-12-10-17-14(18)2/h10,12-13,15-16H,3-9,11H2,1-2H3. The first-order valence-corrected chi connectivity index (χ1v) is 7.44. The molecule has 0 radical (unpaired) electrons. The lowest BCUT2D eigenvalue weighted by molar-refractivity contribution is 0.275. The molecule has 0 saturated heterocycles. The number of nitrogens with zero attached hydrogens (tertiary/aromatic N) is 2. The Morgan fingerprint density at radius 3 is 2.72 bits per heavy atom. The minimum atomic E-state index is 0.971. The molecule has 1 aromatic rings. The number of imidazole rings is 1. The molecule has 1 aromatic heterocycles. The van der Waals surface area contributed by atoms with Gasteiger partial charge in [-0.1, -0.05) is 32.6 Å². The van der Waals surface area contributed by atoms with E-state index in [4.69, 9.17) is 0 Å². The smallest absolute Gasteiger partial charge is 0.105 e. The molecule has 1 saturated carbocycles. The summed E-state index contributed by atoms with van der Waals surface area (Å²) in [7, 11) is 0. The van der Waals surface area contributed by atoms with Crippen molar-refractivity contribution >= 4 is 0 Å². The molecule has 0 aliphatic heterocycles. The predicted molar refractivity (Wildman–Crippen MR) is 75.6 cm³/mol. The SMILES string of the molecule is Cc1nccn1CCNCCC1CCC(C)CC1. The summed E-state index contributed by atoms with van der Waals surface area (Å²) in [6, 6.07) is 0. The zero-order valence-corrected chi connectivity index (χ0v) is 11.9. The summed E-state index contributed by atoms with van der Waals surface area (Å²) < 4.78 is 2.20. The van der Waals surface area contributed by atoms with Gasteiger partial charge in [0.15, 0.2) is 0 Å². The van der Waals surface area contributed by atoms with Crippen molar-refractivity contribution in [1.82, 2.24) is 14.9 Å². The zero-order chi connectivity index (χ0) is 12.8.